The van der Waals surface area contributed by atoms with Crippen molar-refractivity contribution in [3.63, 3.8) is 0 Å². The van der Waals surface area contributed by atoms with Gasteiger partial charge in [-0.2, -0.15) is 0 Å². The van der Waals surface area contributed by atoms with E-state index in [9.17, 15) is 0 Å². The highest BCUT2D eigenvalue weighted by Crippen LogP contribution is 1.85. The molecule has 0 aliphatic rings. The molecule has 0 aromatic carbocycles. The molecule has 0 aliphatic heterocycles. The third-order valence-electron chi connectivity index (χ3n) is 0.451. The first-order chi connectivity index (χ1) is 5.18. The molecule has 0 N–H and O–H groups in total. The van der Waals surface area contributed by atoms with Crippen molar-refractivity contribution in [2.45, 2.75) is 48.0 Å². The topological polar surface area (TPSA) is 0 Å². The van der Waals surface area contributed by atoms with Gasteiger partial charge in [-0.3, -0.25) is 0 Å². The quantitative estimate of drug-likeness (QED) is 0.487. The number of rotatable bonds is 1. The van der Waals surface area contributed by atoms with Crippen molar-refractivity contribution >= 4 is 0 Å². The van der Waals surface area contributed by atoms with E-state index in [0.29, 0.717) is 0 Å². The Morgan fingerprint density at radius 2 is 1.55 bits per heavy atom. The van der Waals surface area contributed by atoms with Crippen LogP contribution in [0.2, 0.25) is 0 Å². The predicted octanol–water partition coefficient (Wildman–Crippen LogP) is 4.58. The fraction of sp³-hybridized carbons (Fsp3) is 0.636. The molecule has 0 fully saturated rings. The van der Waals surface area contributed by atoms with Gasteiger partial charge in [-0.1, -0.05) is 58.4 Å². The first-order valence-corrected chi connectivity index (χ1v) is 4.47. The molecule has 0 aromatic heterocycles. The molecule has 0 spiro atoms. The lowest BCUT2D eigenvalue weighted by Crippen LogP contribution is -1.54. The van der Waals surface area contributed by atoms with Crippen LogP contribution in [-0.4, -0.2) is 0 Å². The van der Waals surface area contributed by atoms with Gasteiger partial charge in [-0.25, -0.2) is 0 Å². The second kappa shape index (κ2) is 22.7. The van der Waals surface area contributed by atoms with Crippen LogP contribution in [0.15, 0.2) is 24.3 Å². The molecule has 0 aliphatic carbocycles. The normalized spacial score (nSPS) is 7.45. The molecule has 0 aromatic rings. The third-order valence-corrected chi connectivity index (χ3v) is 0.451. The molecular formula is C11H24. The minimum absolute atomic E-state index is 1.11. The first-order valence-electron chi connectivity index (χ1n) is 4.47. The summed E-state index contributed by atoms with van der Waals surface area (Å²) in [6.07, 6.45) is 5.20. The van der Waals surface area contributed by atoms with Gasteiger partial charge >= 0.3 is 0 Å². The second-order valence-electron chi connectivity index (χ2n) is 2.05. The van der Waals surface area contributed by atoms with Gasteiger partial charge in [0.2, 0.25) is 0 Å². The Morgan fingerprint density at radius 3 is 1.55 bits per heavy atom. The fourth-order valence-corrected chi connectivity index (χ4v) is 0.285. The van der Waals surface area contributed by atoms with Crippen molar-refractivity contribution in [3.05, 3.63) is 24.3 Å². The van der Waals surface area contributed by atoms with Crippen molar-refractivity contribution in [1.82, 2.24) is 0 Å². The van der Waals surface area contributed by atoms with Gasteiger partial charge in [0.25, 0.3) is 0 Å². The van der Waals surface area contributed by atoms with Crippen LogP contribution in [0.5, 0.6) is 0 Å². The average molecular weight is 156 g/mol. The molecular weight excluding hydrogens is 132 g/mol. The van der Waals surface area contributed by atoms with Crippen LogP contribution in [-0.2, 0) is 0 Å². The Bertz CT molecular complexity index is 78.0. The lowest BCUT2D eigenvalue weighted by Gasteiger charge is -1.75. The highest BCUT2D eigenvalue weighted by atomic mass is 13.7. The average Bonchev–Trinajstić information content (AvgIpc) is 1.93. The highest BCUT2D eigenvalue weighted by Gasteiger charge is 1.63. The summed E-state index contributed by atoms with van der Waals surface area (Å²) in [6.45, 7) is 15.9. The Morgan fingerprint density at radius 1 is 1.27 bits per heavy atom. The number of allylic oxidation sites excluding steroid dienone is 3. The van der Waals surface area contributed by atoms with Crippen molar-refractivity contribution in [2.24, 2.45) is 0 Å². The summed E-state index contributed by atoms with van der Waals surface area (Å²) in [6, 6.07) is 0. The van der Waals surface area contributed by atoms with Crippen LogP contribution in [0.3, 0.4) is 0 Å². The minimum atomic E-state index is 1.11. The van der Waals surface area contributed by atoms with Gasteiger partial charge in [-0.05, 0) is 13.8 Å². The molecule has 0 rings (SSSR count). The molecule has 0 unspecified atom stereocenters. The zero-order chi connectivity index (χ0) is 9.70. The van der Waals surface area contributed by atoms with Crippen molar-refractivity contribution < 1.29 is 0 Å². The van der Waals surface area contributed by atoms with Crippen LogP contribution < -0.4 is 0 Å². The minimum Gasteiger partial charge on any atom is -0.0961 e. The molecule has 11 heavy (non-hydrogen) atoms. The van der Waals surface area contributed by atoms with E-state index in [1.807, 2.05) is 39.8 Å². The summed E-state index contributed by atoms with van der Waals surface area (Å²) < 4.78 is 0. The largest absolute Gasteiger partial charge is 0.0961 e. The van der Waals surface area contributed by atoms with Crippen LogP contribution in [0.1, 0.15) is 48.0 Å². The van der Waals surface area contributed by atoms with Gasteiger partial charge in [0, 0.05) is 0 Å². The zero-order valence-corrected chi connectivity index (χ0v) is 9.07. The Hall–Kier alpha value is -0.520. The molecule has 0 bridgehead atoms. The van der Waals surface area contributed by atoms with E-state index in [-0.39, 0.29) is 0 Å². The van der Waals surface area contributed by atoms with Gasteiger partial charge in [-0.15, -0.1) is 0 Å². The lowest BCUT2D eigenvalue weighted by atomic mass is 10.3. The van der Waals surface area contributed by atoms with E-state index >= 15 is 0 Å². The standard InChI is InChI=1S/C6H10.C3H8.C2H6/c1-4-5-6(2)3;1-3-2;1-2/h4-5H,2H2,1,3H3;3H2,1-2H3;1-2H3/b5-4-;;. The maximum absolute atomic E-state index is 3.66. The summed E-state index contributed by atoms with van der Waals surface area (Å²) in [7, 11) is 0. The lowest BCUT2D eigenvalue weighted by molar-refractivity contribution is 1.09. The second-order valence-corrected chi connectivity index (χ2v) is 2.05. The fourth-order valence-electron chi connectivity index (χ4n) is 0.285. The molecule has 0 amide bonds. The van der Waals surface area contributed by atoms with Crippen LogP contribution in [0.25, 0.3) is 0 Å². The van der Waals surface area contributed by atoms with Gasteiger partial charge < -0.3 is 0 Å². The van der Waals surface area contributed by atoms with E-state index in [1.54, 1.807) is 0 Å². The molecule has 0 heteroatoms. The molecule has 0 saturated heterocycles. The SMILES string of the molecule is C=C(C)/C=C\C.CC.CCC. The van der Waals surface area contributed by atoms with Gasteiger partial charge in [0.15, 0.2) is 0 Å². The maximum Gasteiger partial charge on any atom is -0.0404 e. The van der Waals surface area contributed by atoms with Crippen molar-refractivity contribution in [3.8, 4) is 0 Å². The summed E-state index contributed by atoms with van der Waals surface area (Å²) in [5, 5.41) is 0. The van der Waals surface area contributed by atoms with E-state index < -0.39 is 0 Å². The Balaban J connectivity index is -0.000000109. The van der Waals surface area contributed by atoms with Gasteiger partial charge in [0.05, 0.1) is 0 Å². The molecule has 0 nitrogen and oxygen atoms in total. The van der Waals surface area contributed by atoms with Crippen molar-refractivity contribution in [1.29, 1.82) is 0 Å². The molecule has 0 saturated carbocycles. The van der Waals surface area contributed by atoms with Crippen LogP contribution >= 0.6 is 0 Å². The van der Waals surface area contributed by atoms with Crippen LogP contribution in [0, 0.1) is 0 Å². The smallest absolute Gasteiger partial charge is 0.0404 e. The Kier molecular flexibility index (Phi) is 34.7. The van der Waals surface area contributed by atoms with Gasteiger partial charge in [0.1, 0.15) is 0 Å². The van der Waals surface area contributed by atoms with E-state index in [0.717, 1.165) is 5.57 Å². The molecule has 68 valence electrons. The number of hydrogen-bond donors (Lipinski definition) is 0. The maximum atomic E-state index is 3.66. The zero-order valence-electron chi connectivity index (χ0n) is 9.07. The third kappa shape index (κ3) is 86.2. The van der Waals surface area contributed by atoms with E-state index in [1.165, 1.54) is 6.42 Å². The molecule has 0 atom stereocenters. The summed E-state index contributed by atoms with van der Waals surface area (Å²) in [5.41, 5.74) is 1.11. The monoisotopic (exact) mass is 156 g/mol. The van der Waals surface area contributed by atoms with Crippen LogP contribution in [0.4, 0.5) is 0 Å². The van der Waals surface area contributed by atoms with Crippen molar-refractivity contribution in [2.75, 3.05) is 0 Å². The first kappa shape index (κ1) is 16.8. The summed E-state index contributed by atoms with van der Waals surface area (Å²) in [5.74, 6) is 0. The van der Waals surface area contributed by atoms with E-state index in [4.69, 9.17) is 0 Å². The molecule has 0 radical (unpaired) electrons. The number of hydrogen-bond acceptors (Lipinski definition) is 0. The summed E-state index contributed by atoms with van der Waals surface area (Å²) >= 11 is 0. The summed E-state index contributed by atoms with van der Waals surface area (Å²) in [4.78, 5) is 0. The highest BCUT2D eigenvalue weighted by molar-refractivity contribution is 5.09. The molecule has 0 heterocycles. The predicted molar refractivity (Wildman–Crippen MR) is 56.9 cm³/mol. The Labute approximate surface area is 73.0 Å². The van der Waals surface area contributed by atoms with E-state index in [2.05, 4.69) is 20.4 Å².